The molecule has 2 rings (SSSR count). The number of hydrogen-bond acceptors (Lipinski definition) is 3. The Kier molecular flexibility index (Phi) is 3.41. The molecule has 1 aliphatic carbocycles. The second-order valence-corrected chi connectivity index (χ2v) is 4.29. The van der Waals surface area contributed by atoms with Crippen LogP contribution in [0, 0.1) is 0 Å². The fraction of sp³-hybridized carbons (Fsp3) is 0.583. The third-order valence-corrected chi connectivity index (χ3v) is 3.14. The van der Waals surface area contributed by atoms with Crippen LogP contribution in [-0.4, -0.2) is 24.3 Å². The zero-order valence-corrected chi connectivity index (χ0v) is 9.61. The molecule has 0 fully saturated rings. The average Bonchev–Trinajstić information content (AvgIpc) is 2.28. The summed E-state index contributed by atoms with van der Waals surface area (Å²) in [6.45, 7) is 1.20. The summed E-state index contributed by atoms with van der Waals surface area (Å²) in [5.41, 5.74) is 8.35. The molecule has 4 heteroatoms. The van der Waals surface area contributed by atoms with Gasteiger partial charge in [0, 0.05) is 31.5 Å². The van der Waals surface area contributed by atoms with Gasteiger partial charge in [0.25, 0.3) is 5.56 Å². The van der Waals surface area contributed by atoms with Gasteiger partial charge >= 0.3 is 0 Å². The molecule has 4 nitrogen and oxygen atoms in total. The van der Waals surface area contributed by atoms with E-state index in [2.05, 4.69) is 0 Å². The van der Waals surface area contributed by atoms with Crippen LogP contribution >= 0.6 is 0 Å². The second kappa shape index (κ2) is 4.80. The van der Waals surface area contributed by atoms with Crippen LogP contribution in [0.2, 0.25) is 0 Å². The van der Waals surface area contributed by atoms with Gasteiger partial charge in [-0.05, 0) is 24.8 Å². The molecule has 1 atom stereocenters. The van der Waals surface area contributed by atoms with Crippen LogP contribution < -0.4 is 11.3 Å². The third-order valence-electron chi connectivity index (χ3n) is 3.14. The molecule has 0 unspecified atom stereocenters. The highest BCUT2D eigenvalue weighted by atomic mass is 16.5. The minimum absolute atomic E-state index is 0.0614. The van der Waals surface area contributed by atoms with Gasteiger partial charge in [-0.1, -0.05) is 6.07 Å². The van der Waals surface area contributed by atoms with Crippen molar-refractivity contribution in [3.63, 3.8) is 0 Å². The summed E-state index contributed by atoms with van der Waals surface area (Å²) in [5.74, 6) is 0. The van der Waals surface area contributed by atoms with Gasteiger partial charge < -0.3 is 15.0 Å². The molecule has 0 saturated heterocycles. The van der Waals surface area contributed by atoms with Crippen LogP contribution in [0.3, 0.4) is 0 Å². The quantitative estimate of drug-likeness (QED) is 0.801. The molecule has 0 bridgehead atoms. The number of fused-ring (bicyclic) bond motifs is 1. The van der Waals surface area contributed by atoms with Crippen LogP contribution in [0.5, 0.6) is 0 Å². The molecule has 88 valence electrons. The van der Waals surface area contributed by atoms with Crippen LogP contribution in [0.15, 0.2) is 16.9 Å². The highest BCUT2D eigenvalue weighted by Crippen LogP contribution is 2.18. The number of pyridine rings is 1. The first kappa shape index (κ1) is 11.4. The molecule has 0 amide bonds. The lowest BCUT2D eigenvalue weighted by Gasteiger charge is -2.24. The Morgan fingerprint density at radius 3 is 3.12 bits per heavy atom. The first-order valence-electron chi connectivity index (χ1n) is 5.68. The van der Waals surface area contributed by atoms with Crippen LogP contribution in [0.1, 0.15) is 17.7 Å². The molecule has 2 N–H and O–H groups in total. The average molecular weight is 222 g/mol. The zero-order valence-electron chi connectivity index (χ0n) is 9.61. The first-order valence-corrected chi connectivity index (χ1v) is 5.68. The van der Waals surface area contributed by atoms with Crippen molar-refractivity contribution in [2.45, 2.75) is 31.8 Å². The van der Waals surface area contributed by atoms with Gasteiger partial charge in [0.05, 0.1) is 6.61 Å². The van der Waals surface area contributed by atoms with E-state index >= 15 is 0 Å². The van der Waals surface area contributed by atoms with Gasteiger partial charge in [-0.15, -0.1) is 0 Å². The van der Waals surface area contributed by atoms with Crippen LogP contribution in [0.4, 0.5) is 0 Å². The first-order chi connectivity index (χ1) is 7.72. The highest BCUT2D eigenvalue weighted by molar-refractivity contribution is 5.25. The predicted molar refractivity (Wildman–Crippen MR) is 62.6 cm³/mol. The zero-order chi connectivity index (χ0) is 11.5. The maximum Gasteiger partial charge on any atom is 0.250 e. The number of rotatable bonds is 3. The molecule has 0 aliphatic heterocycles. The van der Waals surface area contributed by atoms with E-state index in [9.17, 15) is 4.79 Å². The lowest BCUT2D eigenvalue weighted by Crippen LogP contribution is -2.34. The van der Waals surface area contributed by atoms with Crippen molar-refractivity contribution >= 4 is 0 Å². The standard InChI is InChI=1S/C12H18N2O2/c1-16-7-6-14-11-4-3-10(13)8-9(11)2-5-12(14)15/h2,5,10H,3-4,6-8,13H2,1H3/t10-/m1/s1. The minimum Gasteiger partial charge on any atom is -0.383 e. The van der Waals surface area contributed by atoms with E-state index in [0.29, 0.717) is 13.2 Å². The van der Waals surface area contributed by atoms with Crippen molar-refractivity contribution in [2.75, 3.05) is 13.7 Å². The smallest absolute Gasteiger partial charge is 0.250 e. The Hall–Kier alpha value is -1.13. The summed E-state index contributed by atoms with van der Waals surface area (Å²) in [4.78, 5) is 11.8. The highest BCUT2D eigenvalue weighted by Gasteiger charge is 2.18. The van der Waals surface area contributed by atoms with Gasteiger partial charge in [-0.25, -0.2) is 0 Å². The van der Waals surface area contributed by atoms with Gasteiger partial charge in [0.1, 0.15) is 0 Å². The normalized spacial score (nSPS) is 19.5. The molecule has 1 aromatic rings. The number of nitrogens with two attached hydrogens (primary N) is 1. The van der Waals surface area contributed by atoms with E-state index in [4.69, 9.17) is 10.5 Å². The summed E-state index contributed by atoms with van der Waals surface area (Å²) in [7, 11) is 1.65. The second-order valence-electron chi connectivity index (χ2n) is 4.29. The Labute approximate surface area is 95.0 Å². The third kappa shape index (κ3) is 2.18. The largest absolute Gasteiger partial charge is 0.383 e. The minimum atomic E-state index is 0.0614. The molecule has 0 saturated carbocycles. The van der Waals surface area contributed by atoms with Gasteiger partial charge in [0.15, 0.2) is 0 Å². The van der Waals surface area contributed by atoms with Gasteiger partial charge in [-0.3, -0.25) is 4.79 Å². The number of ether oxygens (including phenoxy) is 1. The van der Waals surface area contributed by atoms with Crippen molar-refractivity contribution in [3.8, 4) is 0 Å². The number of nitrogens with zero attached hydrogens (tertiary/aromatic N) is 1. The monoisotopic (exact) mass is 222 g/mol. The molecule has 0 aromatic carbocycles. The maximum absolute atomic E-state index is 11.8. The van der Waals surface area contributed by atoms with E-state index in [1.54, 1.807) is 13.2 Å². The van der Waals surface area contributed by atoms with Crippen LogP contribution in [0.25, 0.3) is 0 Å². The summed E-state index contributed by atoms with van der Waals surface area (Å²) in [5, 5.41) is 0. The maximum atomic E-state index is 11.8. The lowest BCUT2D eigenvalue weighted by molar-refractivity contribution is 0.185. The van der Waals surface area contributed by atoms with E-state index in [-0.39, 0.29) is 11.6 Å². The molecule has 0 spiro atoms. The summed E-state index contributed by atoms with van der Waals surface area (Å²) < 4.78 is 6.85. The van der Waals surface area contributed by atoms with E-state index in [1.165, 1.54) is 5.56 Å². The lowest BCUT2D eigenvalue weighted by atomic mass is 9.92. The van der Waals surface area contributed by atoms with E-state index in [0.717, 1.165) is 25.0 Å². The van der Waals surface area contributed by atoms with E-state index in [1.807, 2.05) is 10.6 Å². The topological polar surface area (TPSA) is 57.2 Å². The Balaban J connectivity index is 2.35. The molecule has 16 heavy (non-hydrogen) atoms. The number of aromatic nitrogens is 1. The van der Waals surface area contributed by atoms with Crippen molar-refractivity contribution in [1.82, 2.24) is 4.57 Å². The molecule has 1 aromatic heterocycles. The molecule has 0 radical (unpaired) electrons. The summed E-state index contributed by atoms with van der Waals surface area (Å²) in [6.07, 6.45) is 2.74. The Bertz CT molecular complexity index is 426. The SMILES string of the molecule is COCCn1c2c(ccc1=O)C[C@H](N)CC2. The molecular formula is C12H18N2O2. The number of hydrogen-bond donors (Lipinski definition) is 1. The summed E-state index contributed by atoms with van der Waals surface area (Å²) in [6, 6.07) is 3.79. The number of methoxy groups -OCH3 is 1. The van der Waals surface area contributed by atoms with Gasteiger partial charge in [-0.2, -0.15) is 0 Å². The van der Waals surface area contributed by atoms with Crippen LogP contribution in [-0.2, 0) is 24.1 Å². The summed E-state index contributed by atoms with van der Waals surface area (Å²) >= 11 is 0. The fourth-order valence-electron chi connectivity index (χ4n) is 2.28. The molecule has 1 heterocycles. The Morgan fingerprint density at radius 1 is 1.56 bits per heavy atom. The van der Waals surface area contributed by atoms with Crippen molar-refractivity contribution in [1.29, 1.82) is 0 Å². The molecule has 1 aliphatic rings. The van der Waals surface area contributed by atoms with Gasteiger partial charge in [0.2, 0.25) is 0 Å². The Morgan fingerprint density at radius 2 is 2.38 bits per heavy atom. The van der Waals surface area contributed by atoms with Crippen molar-refractivity contribution in [2.24, 2.45) is 5.73 Å². The fourth-order valence-corrected chi connectivity index (χ4v) is 2.28. The predicted octanol–water partition coefficient (Wildman–Crippen LogP) is 0.311. The molecular weight excluding hydrogens is 204 g/mol. The van der Waals surface area contributed by atoms with E-state index < -0.39 is 0 Å². The van der Waals surface area contributed by atoms with Crippen molar-refractivity contribution in [3.05, 3.63) is 33.7 Å². The van der Waals surface area contributed by atoms with Crippen molar-refractivity contribution < 1.29 is 4.74 Å².